The van der Waals surface area contributed by atoms with Crippen LogP contribution in [0.3, 0.4) is 0 Å². The number of amides is 1. The number of rotatable bonds is 9. The van der Waals surface area contributed by atoms with Gasteiger partial charge in [-0.25, -0.2) is 4.79 Å². The van der Waals surface area contributed by atoms with Gasteiger partial charge in [-0.1, -0.05) is 30.3 Å². The number of hydrogen-bond donors (Lipinski definition) is 3. The zero-order valence-corrected chi connectivity index (χ0v) is 22.4. The topological polar surface area (TPSA) is 168 Å². The zero-order chi connectivity index (χ0) is 29.0. The van der Waals surface area contributed by atoms with Crippen LogP contribution in [0.15, 0.2) is 63.8 Å². The van der Waals surface area contributed by atoms with Crippen LogP contribution < -0.4 is 20.8 Å². The van der Waals surface area contributed by atoms with Crippen molar-refractivity contribution >= 4 is 22.8 Å². The summed E-state index contributed by atoms with van der Waals surface area (Å²) in [6, 6.07) is 15.2. The van der Waals surface area contributed by atoms with Gasteiger partial charge in [-0.2, -0.15) is 0 Å². The van der Waals surface area contributed by atoms with Crippen molar-refractivity contribution in [2.24, 2.45) is 17.1 Å². The molecule has 0 radical (unpaired) electrons. The predicted octanol–water partition coefficient (Wildman–Crippen LogP) is 2.28. The van der Waals surface area contributed by atoms with E-state index in [4.69, 9.17) is 29.1 Å². The summed E-state index contributed by atoms with van der Waals surface area (Å²) in [4.78, 5) is 35.9. The van der Waals surface area contributed by atoms with Crippen molar-refractivity contribution in [1.29, 1.82) is 0 Å². The number of primary amides is 1. The number of ether oxygens (including phenoxy) is 4. The van der Waals surface area contributed by atoms with Crippen molar-refractivity contribution in [2.45, 2.75) is 58.4 Å². The van der Waals surface area contributed by atoms with Crippen LogP contribution in [0.4, 0.5) is 0 Å². The third-order valence-electron chi connectivity index (χ3n) is 6.42. The Balaban J connectivity index is 1.65. The number of hydrogen-bond acceptors (Lipinski definition) is 10. The molecule has 1 amide bonds. The molecule has 0 unspecified atom stereocenters. The molecule has 2 heterocycles. The van der Waals surface area contributed by atoms with Gasteiger partial charge >= 0.3 is 11.6 Å². The van der Waals surface area contributed by atoms with Crippen LogP contribution in [-0.4, -0.2) is 53.3 Å². The van der Waals surface area contributed by atoms with Gasteiger partial charge < -0.3 is 39.3 Å². The van der Waals surface area contributed by atoms with Crippen molar-refractivity contribution in [3.63, 3.8) is 0 Å². The molecule has 1 aliphatic heterocycles. The Bertz CT molecular complexity index is 1400. The first kappa shape index (κ1) is 29.1. The maximum atomic E-state index is 12.3. The molecular formula is C29H33NO10. The monoisotopic (exact) mass is 555 g/mol. The molecule has 5 atom stereocenters. The van der Waals surface area contributed by atoms with Gasteiger partial charge in [0.15, 0.2) is 11.5 Å². The van der Waals surface area contributed by atoms with E-state index in [0.29, 0.717) is 5.39 Å². The third kappa shape index (κ3) is 6.98. The number of benzene rings is 2. The summed E-state index contributed by atoms with van der Waals surface area (Å²) in [5.74, 6) is -1.98. The van der Waals surface area contributed by atoms with Crippen LogP contribution in [0.5, 0.6) is 11.5 Å². The van der Waals surface area contributed by atoms with Crippen molar-refractivity contribution in [2.75, 3.05) is 6.61 Å². The third-order valence-corrected chi connectivity index (χ3v) is 6.42. The van der Waals surface area contributed by atoms with Gasteiger partial charge in [-0.05, 0) is 38.5 Å². The molecule has 0 spiro atoms. The highest BCUT2D eigenvalue weighted by atomic mass is 16.7. The Hall–Kier alpha value is -3.93. The van der Waals surface area contributed by atoms with Gasteiger partial charge in [0.2, 0.25) is 12.2 Å². The molecular weight excluding hydrogens is 522 g/mol. The minimum Gasteiger partial charge on any atom is -0.485 e. The Morgan fingerprint density at radius 2 is 1.73 bits per heavy atom. The Labute approximate surface area is 230 Å². The number of carbonyl (C=O) groups excluding carboxylic acids is 2. The summed E-state index contributed by atoms with van der Waals surface area (Å²) in [6.07, 6.45) is -5.80. The van der Waals surface area contributed by atoms with Gasteiger partial charge in [0, 0.05) is 23.9 Å². The molecule has 40 heavy (non-hydrogen) atoms. The van der Waals surface area contributed by atoms with E-state index in [1.165, 1.54) is 12.1 Å². The van der Waals surface area contributed by atoms with Crippen molar-refractivity contribution in [3.8, 4) is 11.5 Å². The lowest BCUT2D eigenvalue weighted by atomic mass is 9.88. The van der Waals surface area contributed by atoms with Crippen LogP contribution >= 0.6 is 0 Å². The fourth-order valence-electron chi connectivity index (χ4n) is 4.21. The summed E-state index contributed by atoms with van der Waals surface area (Å²) in [7, 11) is 0. The molecule has 2 aromatic carbocycles. The van der Waals surface area contributed by atoms with E-state index in [1.807, 2.05) is 30.3 Å². The van der Waals surface area contributed by atoms with E-state index in [2.05, 4.69) is 0 Å². The van der Waals surface area contributed by atoms with E-state index < -0.39 is 53.4 Å². The molecule has 0 aliphatic carbocycles. The highest BCUT2D eigenvalue weighted by Crippen LogP contribution is 2.37. The molecule has 1 aromatic heterocycles. The van der Waals surface area contributed by atoms with Gasteiger partial charge in [0.05, 0.1) is 17.4 Å². The lowest BCUT2D eigenvalue weighted by Gasteiger charge is -2.42. The number of aliphatic hydroxyl groups excluding tert-OH is 2. The lowest BCUT2D eigenvalue weighted by Crippen LogP contribution is -2.58. The fourth-order valence-corrected chi connectivity index (χ4v) is 4.21. The largest absolute Gasteiger partial charge is 0.485 e. The minimum absolute atomic E-state index is 0.155. The van der Waals surface area contributed by atoms with Crippen LogP contribution in [0.25, 0.3) is 11.0 Å². The van der Waals surface area contributed by atoms with Gasteiger partial charge in [-0.3, -0.25) is 9.59 Å². The van der Waals surface area contributed by atoms with Crippen LogP contribution in [0.2, 0.25) is 0 Å². The molecule has 1 aliphatic rings. The van der Waals surface area contributed by atoms with Crippen LogP contribution in [-0.2, 0) is 25.7 Å². The maximum Gasteiger partial charge on any atom is 0.336 e. The zero-order valence-electron chi connectivity index (χ0n) is 22.4. The Morgan fingerprint density at radius 3 is 2.40 bits per heavy atom. The smallest absolute Gasteiger partial charge is 0.336 e. The first-order valence-electron chi connectivity index (χ1n) is 12.8. The predicted molar refractivity (Wildman–Crippen MR) is 142 cm³/mol. The molecule has 4 N–H and O–H groups in total. The van der Waals surface area contributed by atoms with E-state index in [0.717, 1.165) is 5.56 Å². The standard InChI is InChI=1S/C29H33NO10/c1-29(2,3)28(35)37-15-22-26(34)25(33)18(12-23(30)31)27(40-22)39-21-11-17-9-10-24(32)38-19(17)13-20(21)36-14-16-7-5-4-6-8-16/h4-11,13,18,22,25-27,33-34H,12,14-15H2,1-3H3,(H2,30,31)/t18-,22+,25+,26+,27+/m0/s1. The molecule has 0 saturated carbocycles. The first-order chi connectivity index (χ1) is 18.9. The molecule has 11 nitrogen and oxygen atoms in total. The van der Waals surface area contributed by atoms with Gasteiger partial charge in [0.25, 0.3) is 0 Å². The molecule has 214 valence electrons. The van der Waals surface area contributed by atoms with E-state index in [-0.39, 0.29) is 36.7 Å². The molecule has 1 fully saturated rings. The van der Waals surface area contributed by atoms with Crippen molar-refractivity contribution in [1.82, 2.24) is 0 Å². The van der Waals surface area contributed by atoms with E-state index in [9.17, 15) is 24.6 Å². The van der Waals surface area contributed by atoms with E-state index in [1.54, 1.807) is 32.9 Å². The minimum atomic E-state index is -1.49. The maximum absolute atomic E-state index is 12.3. The van der Waals surface area contributed by atoms with Gasteiger partial charge in [0.1, 0.15) is 31.0 Å². The summed E-state index contributed by atoms with van der Waals surface area (Å²) >= 11 is 0. The molecule has 0 bridgehead atoms. The number of aliphatic hydroxyl groups is 2. The first-order valence-corrected chi connectivity index (χ1v) is 12.8. The molecule has 1 saturated heterocycles. The summed E-state index contributed by atoms with van der Waals surface area (Å²) < 4.78 is 28.7. The van der Waals surface area contributed by atoms with Crippen LogP contribution in [0, 0.1) is 11.3 Å². The average molecular weight is 556 g/mol. The second-order valence-corrected chi connectivity index (χ2v) is 10.7. The lowest BCUT2D eigenvalue weighted by molar-refractivity contribution is -0.262. The van der Waals surface area contributed by atoms with E-state index >= 15 is 0 Å². The summed E-state index contributed by atoms with van der Waals surface area (Å²) in [6.45, 7) is 4.82. The number of nitrogens with two attached hydrogens (primary N) is 1. The summed E-state index contributed by atoms with van der Waals surface area (Å²) in [5, 5.41) is 22.1. The Morgan fingerprint density at radius 1 is 1.00 bits per heavy atom. The Kier molecular flexibility index (Phi) is 8.77. The molecule has 4 rings (SSSR count). The highest BCUT2D eigenvalue weighted by Gasteiger charge is 2.47. The second-order valence-electron chi connectivity index (χ2n) is 10.7. The summed E-state index contributed by atoms with van der Waals surface area (Å²) in [5.41, 5.74) is 5.19. The fraction of sp³-hybridized carbons (Fsp3) is 0.414. The van der Waals surface area contributed by atoms with Crippen molar-refractivity contribution in [3.05, 3.63) is 70.6 Å². The molecule has 11 heteroatoms. The quantitative estimate of drug-likeness (QED) is 0.263. The normalized spacial score (nSPS) is 23.0. The molecule has 3 aromatic rings. The SMILES string of the molecule is CC(C)(C)C(=O)OC[C@H]1O[C@@H](Oc2cc3ccc(=O)oc3cc2OCc2ccccc2)[C@@H](CC(N)=O)[C@@H](O)[C@@H]1O. The highest BCUT2D eigenvalue weighted by molar-refractivity contribution is 5.80. The van der Waals surface area contributed by atoms with Crippen molar-refractivity contribution < 1.29 is 43.2 Å². The number of carbonyl (C=O) groups is 2. The number of fused-ring (bicyclic) bond motifs is 1. The van der Waals surface area contributed by atoms with Crippen LogP contribution in [0.1, 0.15) is 32.8 Å². The van der Waals surface area contributed by atoms with Gasteiger partial charge in [-0.15, -0.1) is 0 Å². The average Bonchev–Trinajstić information content (AvgIpc) is 2.90. The second kappa shape index (κ2) is 12.1. The number of esters is 1.